The topological polar surface area (TPSA) is 79.8 Å². The van der Waals surface area contributed by atoms with Gasteiger partial charge >= 0.3 is 0 Å². The number of hydrogen-bond acceptors (Lipinski definition) is 3. The second-order valence-electron chi connectivity index (χ2n) is 5.72. The van der Waals surface area contributed by atoms with E-state index in [0.717, 1.165) is 0 Å². The fourth-order valence-electron chi connectivity index (χ4n) is 2.58. The number of benzene rings is 1. The van der Waals surface area contributed by atoms with Crippen LogP contribution in [0.3, 0.4) is 0 Å². The molecule has 1 amide bonds. The Kier molecular flexibility index (Phi) is 4.47. The van der Waals surface area contributed by atoms with Crippen LogP contribution in [0.25, 0.3) is 0 Å². The zero-order chi connectivity index (χ0) is 18.0. The van der Waals surface area contributed by atoms with Crippen molar-refractivity contribution in [2.75, 3.05) is 0 Å². The molecule has 0 fully saturated rings. The predicted molar refractivity (Wildman–Crippen MR) is 89.7 cm³/mol. The molecule has 25 heavy (non-hydrogen) atoms. The van der Waals surface area contributed by atoms with Gasteiger partial charge in [0.15, 0.2) is 5.78 Å². The number of aromatic amines is 1. The Hall–Kier alpha value is -3.22. The fourth-order valence-corrected chi connectivity index (χ4v) is 2.58. The Morgan fingerprint density at radius 1 is 1.32 bits per heavy atom. The van der Waals surface area contributed by atoms with Gasteiger partial charge in [0.05, 0.1) is 0 Å². The van der Waals surface area contributed by atoms with Gasteiger partial charge in [-0.1, -0.05) is 12.1 Å². The first-order chi connectivity index (χ1) is 12.0. The van der Waals surface area contributed by atoms with E-state index < -0.39 is 17.8 Å². The van der Waals surface area contributed by atoms with Crippen LogP contribution in [0.15, 0.2) is 48.9 Å². The Bertz CT molecular complexity index is 929. The average Bonchev–Trinajstić information content (AvgIpc) is 3.21. The summed E-state index contributed by atoms with van der Waals surface area (Å²) in [4.78, 5) is 31.0. The molecule has 3 rings (SSSR count). The van der Waals surface area contributed by atoms with Crippen LogP contribution in [0.4, 0.5) is 4.39 Å². The summed E-state index contributed by atoms with van der Waals surface area (Å²) in [7, 11) is 1.79. The largest absolute Gasteiger partial charge is 0.356 e. The minimum absolute atomic E-state index is 0.138. The maximum absolute atomic E-state index is 13.6. The monoisotopic (exact) mass is 340 g/mol. The molecule has 2 aromatic heterocycles. The molecule has 2 N–H and O–H groups in total. The third kappa shape index (κ3) is 3.50. The molecular weight excluding hydrogens is 323 g/mol. The van der Waals surface area contributed by atoms with E-state index in [-0.39, 0.29) is 11.5 Å². The summed E-state index contributed by atoms with van der Waals surface area (Å²) in [5, 5.41) is 2.84. The maximum atomic E-state index is 13.6. The quantitative estimate of drug-likeness (QED) is 0.701. The lowest BCUT2D eigenvalue weighted by atomic mass is 10.1. The number of imidazole rings is 1. The van der Waals surface area contributed by atoms with E-state index in [9.17, 15) is 14.0 Å². The van der Waals surface area contributed by atoms with Crippen LogP contribution in [0.1, 0.15) is 45.2 Å². The number of amides is 1. The number of carbonyl (C=O) groups is 2. The van der Waals surface area contributed by atoms with E-state index in [1.807, 2.05) is 0 Å². The number of hydrogen-bond donors (Lipinski definition) is 2. The van der Waals surface area contributed by atoms with Crippen LogP contribution in [0, 0.1) is 5.82 Å². The van der Waals surface area contributed by atoms with Crippen LogP contribution in [0.2, 0.25) is 0 Å². The van der Waals surface area contributed by atoms with Crippen molar-refractivity contribution >= 4 is 11.7 Å². The number of aromatic nitrogens is 3. The van der Waals surface area contributed by atoms with Crippen molar-refractivity contribution in [1.82, 2.24) is 19.9 Å². The maximum Gasteiger partial charge on any atom is 0.268 e. The molecule has 1 unspecified atom stereocenters. The first kappa shape index (κ1) is 16.6. The highest BCUT2D eigenvalue weighted by Gasteiger charge is 2.22. The summed E-state index contributed by atoms with van der Waals surface area (Å²) in [5.74, 6) is -0.382. The summed E-state index contributed by atoms with van der Waals surface area (Å²) in [6.07, 6.45) is 4.84. The number of aryl methyl sites for hydroxylation is 1. The summed E-state index contributed by atoms with van der Waals surface area (Å²) in [5.41, 5.74) is 1.24. The van der Waals surface area contributed by atoms with Crippen LogP contribution < -0.4 is 5.32 Å². The lowest BCUT2D eigenvalue weighted by Gasteiger charge is -2.19. The van der Waals surface area contributed by atoms with Gasteiger partial charge in [-0.2, -0.15) is 0 Å². The van der Waals surface area contributed by atoms with E-state index >= 15 is 0 Å². The predicted octanol–water partition coefficient (Wildman–Crippen LogP) is 2.61. The molecule has 0 saturated heterocycles. The molecule has 0 radical (unpaired) electrons. The van der Waals surface area contributed by atoms with Gasteiger partial charge in [-0.3, -0.25) is 9.59 Å². The molecule has 7 heteroatoms. The standard InChI is InChI=1S/C18H17FN4O2/c1-11(24)13-9-15(21-10-13)18(25)22-16(17-20-6-7-23(17)2)12-4-3-5-14(19)8-12/h3-10,16,21H,1-2H3,(H,22,25). The smallest absolute Gasteiger partial charge is 0.268 e. The second-order valence-corrected chi connectivity index (χ2v) is 5.72. The van der Waals surface area contributed by atoms with Gasteiger partial charge in [-0.15, -0.1) is 0 Å². The van der Waals surface area contributed by atoms with Gasteiger partial charge in [0.1, 0.15) is 23.4 Å². The molecule has 0 bridgehead atoms. The number of Topliss-reactive ketones (excluding diaryl/α,β-unsaturated/α-hetero) is 1. The van der Waals surface area contributed by atoms with Crippen molar-refractivity contribution in [3.8, 4) is 0 Å². The number of nitrogens with zero attached hydrogens (tertiary/aromatic N) is 2. The molecule has 0 saturated carbocycles. The molecule has 3 aromatic rings. The molecule has 0 aliphatic heterocycles. The lowest BCUT2D eigenvalue weighted by Crippen LogP contribution is -2.31. The average molecular weight is 340 g/mol. The molecule has 0 spiro atoms. The van der Waals surface area contributed by atoms with E-state index in [4.69, 9.17) is 0 Å². The van der Waals surface area contributed by atoms with Crippen molar-refractivity contribution in [3.05, 3.63) is 77.4 Å². The summed E-state index contributed by atoms with van der Waals surface area (Å²) < 4.78 is 15.4. The number of carbonyl (C=O) groups excluding carboxylic acids is 2. The van der Waals surface area contributed by atoms with Gasteiger partial charge in [-0.25, -0.2) is 9.37 Å². The van der Waals surface area contributed by atoms with E-state index in [1.165, 1.54) is 31.3 Å². The molecule has 1 atom stereocenters. The SMILES string of the molecule is CC(=O)c1c[nH]c(C(=O)NC(c2cccc(F)c2)c2nccn2C)c1. The molecule has 6 nitrogen and oxygen atoms in total. The molecule has 2 heterocycles. The van der Waals surface area contributed by atoms with Crippen LogP contribution >= 0.6 is 0 Å². The molecular formula is C18H17FN4O2. The minimum atomic E-state index is -0.632. The zero-order valence-corrected chi connectivity index (χ0v) is 13.8. The Morgan fingerprint density at radius 3 is 2.72 bits per heavy atom. The molecule has 0 aliphatic carbocycles. The first-order valence-electron chi connectivity index (χ1n) is 7.68. The van der Waals surface area contributed by atoms with Crippen LogP contribution in [-0.2, 0) is 7.05 Å². The highest BCUT2D eigenvalue weighted by Crippen LogP contribution is 2.22. The number of halogens is 1. The van der Waals surface area contributed by atoms with Crippen molar-refractivity contribution < 1.29 is 14.0 Å². The lowest BCUT2D eigenvalue weighted by molar-refractivity contribution is 0.0936. The number of ketones is 1. The highest BCUT2D eigenvalue weighted by molar-refractivity contribution is 5.99. The number of rotatable bonds is 5. The van der Waals surface area contributed by atoms with Crippen LogP contribution in [0.5, 0.6) is 0 Å². The third-order valence-electron chi connectivity index (χ3n) is 3.91. The van der Waals surface area contributed by atoms with Gasteiger partial charge < -0.3 is 14.9 Å². The minimum Gasteiger partial charge on any atom is -0.356 e. The Balaban J connectivity index is 1.93. The summed E-state index contributed by atoms with van der Waals surface area (Å²) >= 11 is 0. The van der Waals surface area contributed by atoms with Gasteiger partial charge in [0, 0.05) is 31.2 Å². The Morgan fingerprint density at radius 2 is 2.12 bits per heavy atom. The number of H-pyrrole nitrogens is 1. The van der Waals surface area contributed by atoms with Crippen molar-refractivity contribution in [2.24, 2.45) is 7.05 Å². The van der Waals surface area contributed by atoms with Gasteiger partial charge in [-0.05, 0) is 30.7 Å². The zero-order valence-electron chi connectivity index (χ0n) is 13.8. The third-order valence-corrected chi connectivity index (χ3v) is 3.91. The van der Waals surface area contributed by atoms with Crippen molar-refractivity contribution in [3.63, 3.8) is 0 Å². The van der Waals surface area contributed by atoms with E-state index in [1.54, 1.807) is 36.1 Å². The van der Waals surface area contributed by atoms with Gasteiger partial charge in [0.25, 0.3) is 5.91 Å². The van der Waals surface area contributed by atoms with Crippen molar-refractivity contribution in [2.45, 2.75) is 13.0 Å². The van der Waals surface area contributed by atoms with Crippen molar-refractivity contribution in [1.29, 1.82) is 0 Å². The molecule has 0 aliphatic rings. The first-order valence-corrected chi connectivity index (χ1v) is 7.68. The van der Waals surface area contributed by atoms with E-state index in [2.05, 4.69) is 15.3 Å². The number of nitrogens with one attached hydrogen (secondary N) is 2. The second kappa shape index (κ2) is 6.72. The molecule has 1 aromatic carbocycles. The van der Waals surface area contributed by atoms with Crippen LogP contribution in [-0.4, -0.2) is 26.2 Å². The summed E-state index contributed by atoms with van der Waals surface area (Å²) in [6.45, 7) is 1.42. The van der Waals surface area contributed by atoms with Gasteiger partial charge in [0.2, 0.25) is 0 Å². The highest BCUT2D eigenvalue weighted by atomic mass is 19.1. The normalized spacial score (nSPS) is 12.0. The fraction of sp³-hybridized carbons (Fsp3) is 0.167. The summed E-state index contributed by atoms with van der Waals surface area (Å²) in [6, 6.07) is 6.85. The Labute approximate surface area is 143 Å². The molecule has 128 valence electrons. The van der Waals surface area contributed by atoms with E-state index in [0.29, 0.717) is 17.0 Å².